The molecule has 0 amide bonds. The van der Waals surface area contributed by atoms with Gasteiger partial charge in [0.05, 0.1) is 11.8 Å². The van der Waals surface area contributed by atoms with Gasteiger partial charge in [-0.15, -0.1) is 0 Å². The van der Waals surface area contributed by atoms with E-state index in [0.717, 1.165) is 23.1 Å². The Morgan fingerprint density at radius 1 is 1.44 bits per heavy atom. The van der Waals surface area contributed by atoms with Gasteiger partial charge in [0.15, 0.2) is 5.12 Å². The zero-order valence-electron chi connectivity index (χ0n) is 11.2. The van der Waals surface area contributed by atoms with Gasteiger partial charge in [-0.25, -0.2) is 0 Å². The van der Waals surface area contributed by atoms with Crippen molar-refractivity contribution >= 4 is 16.9 Å². The maximum absolute atomic E-state index is 10.8. The molecule has 5 nitrogen and oxygen atoms in total. The fraction of sp³-hybridized carbons (Fsp3) is 0.667. The summed E-state index contributed by atoms with van der Waals surface area (Å²) in [5, 5.41) is 24.3. The van der Waals surface area contributed by atoms with Crippen molar-refractivity contribution in [2.75, 3.05) is 5.75 Å². The first-order valence-electron chi connectivity index (χ1n) is 5.84. The Balaban J connectivity index is 2.68. The predicted molar refractivity (Wildman–Crippen MR) is 71.4 cm³/mol. The molecule has 6 heteroatoms. The highest BCUT2D eigenvalue weighted by Gasteiger charge is 2.24. The van der Waals surface area contributed by atoms with Gasteiger partial charge in [-0.2, -0.15) is 5.10 Å². The monoisotopic (exact) mass is 272 g/mol. The summed E-state index contributed by atoms with van der Waals surface area (Å²) in [5.74, 6) is 0.506. The molecule has 18 heavy (non-hydrogen) atoms. The Labute approximate surface area is 111 Å². The van der Waals surface area contributed by atoms with Crippen LogP contribution in [0, 0.1) is 13.8 Å². The molecule has 0 saturated carbocycles. The summed E-state index contributed by atoms with van der Waals surface area (Å²) < 4.78 is 1.69. The molecule has 2 N–H and O–H groups in total. The van der Waals surface area contributed by atoms with Crippen LogP contribution in [0.3, 0.4) is 0 Å². The Morgan fingerprint density at radius 2 is 2.06 bits per heavy atom. The Morgan fingerprint density at radius 3 is 2.50 bits per heavy atom. The van der Waals surface area contributed by atoms with Gasteiger partial charge >= 0.3 is 0 Å². The zero-order valence-corrected chi connectivity index (χ0v) is 12.0. The third-order valence-electron chi connectivity index (χ3n) is 2.94. The summed E-state index contributed by atoms with van der Waals surface area (Å²) in [5.41, 5.74) is 2.25. The fourth-order valence-electron chi connectivity index (χ4n) is 1.89. The predicted octanol–water partition coefficient (Wildman–Crippen LogP) is 1.10. The number of hydrogen-bond acceptors (Lipinski definition) is 5. The van der Waals surface area contributed by atoms with Crippen LogP contribution in [-0.2, 0) is 11.8 Å². The standard InChI is InChI=1S/C12H20N2O3S/c1-7-11(8(2)14(4)13-7)12(17)10(16)5-6-18-9(3)15/h10,12,16-17H,5-6H2,1-4H3. The maximum Gasteiger partial charge on any atom is 0.185 e. The number of rotatable bonds is 5. The lowest BCUT2D eigenvalue weighted by Gasteiger charge is -2.18. The molecular formula is C12H20N2O3S. The van der Waals surface area contributed by atoms with E-state index in [4.69, 9.17) is 0 Å². The van der Waals surface area contributed by atoms with Crippen LogP contribution in [0.1, 0.15) is 36.4 Å². The van der Waals surface area contributed by atoms with Gasteiger partial charge in [-0.1, -0.05) is 11.8 Å². The van der Waals surface area contributed by atoms with E-state index in [9.17, 15) is 15.0 Å². The van der Waals surface area contributed by atoms with Crippen molar-refractivity contribution in [2.24, 2.45) is 7.05 Å². The summed E-state index contributed by atoms with van der Waals surface area (Å²) in [7, 11) is 1.80. The highest BCUT2D eigenvalue weighted by atomic mass is 32.2. The minimum atomic E-state index is -0.953. The van der Waals surface area contributed by atoms with E-state index in [1.807, 2.05) is 13.8 Å². The van der Waals surface area contributed by atoms with E-state index in [1.54, 1.807) is 11.7 Å². The van der Waals surface area contributed by atoms with Gasteiger partial charge < -0.3 is 10.2 Å². The molecule has 0 radical (unpaired) electrons. The quantitative estimate of drug-likeness (QED) is 0.839. The molecule has 0 aliphatic carbocycles. The first kappa shape index (κ1) is 15.2. The number of aryl methyl sites for hydroxylation is 2. The van der Waals surface area contributed by atoms with Crippen molar-refractivity contribution in [3.8, 4) is 0 Å². The number of carbonyl (C=O) groups excluding carboxylic acids is 1. The first-order chi connectivity index (χ1) is 8.34. The third-order valence-corrected chi connectivity index (χ3v) is 3.79. The number of aromatic nitrogens is 2. The van der Waals surface area contributed by atoms with Crippen LogP contribution < -0.4 is 0 Å². The van der Waals surface area contributed by atoms with Crippen molar-refractivity contribution in [3.63, 3.8) is 0 Å². The second-order valence-corrected chi connectivity index (χ2v) is 5.62. The van der Waals surface area contributed by atoms with Gasteiger partial charge in [0, 0.05) is 31.0 Å². The van der Waals surface area contributed by atoms with Crippen LogP contribution in [0.25, 0.3) is 0 Å². The van der Waals surface area contributed by atoms with E-state index in [2.05, 4.69) is 5.10 Å². The number of aliphatic hydroxyl groups excluding tert-OH is 2. The highest BCUT2D eigenvalue weighted by molar-refractivity contribution is 8.13. The lowest BCUT2D eigenvalue weighted by atomic mass is 10.0. The van der Waals surface area contributed by atoms with Crippen molar-refractivity contribution in [1.29, 1.82) is 0 Å². The minimum absolute atomic E-state index is 0.0189. The van der Waals surface area contributed by atoms with Crippen LogP contribution in [0.5, 0.6) is 0 Å². The molecule has 1 aromatic heterocycles. The fourth-order valence-corrected chi connectivity index (χ4v) is 2.54. The molecular weight excluding hydrogens is 252 g/mol. The Hall–Kier alpha value is -0.850. The summed E-state index contributed by atoms with van der Waals surface area (Å²) in [6.07, 6.45) is -1.45. The zero-order chi connectivity index (χ0) is 13.9. The van der Waals surface area contributed by atoms with Crippen LogP contribution in [0.2, 0.25) is 0 Å². The van der Waals surface area contributed by atoms with Crippen molar-refractivity contribution < 1.29 is 15.0 Å². The topological polar surface area (TPSA) is 75.3 Å². The minimum Gasteiger partial charge on any atom is -0.390 e. The molecule has 0 saturated heterocycles. The highest BCUT2D eigenvalue weighted by Crippen LogP contribution is 2.25. The van der Waals surface area contributed by atoms with Crippen molar-refractivity contribution in [1.82, 2.24) is 9.78 Å². The van der Waals surface area contributed by atoms with Crippen LogP contribution in [0.4, 0.5) is 0 Å². The van der Waals surface area contributed by atoms with Crippen LogP contribution in [-0.4, -0.2) is 37.0 Å². The number of thioether (sulfide) groups is 1. The number of carbonyl (C=O) groups is 1. The lowest BCUT2D eigenvalue weighted by Crippen LogP contribution is -2.20. The molecule has 1 aromatic rings. The van der Waals surface area contributed by atoms with E-state index in [0.29, 0.717) is 17.7 Å². The van der Waals surface area contributed by atoms with Gasteiger partial charge in [-0.3, -0.25) is 9.48 Å². The first-order valence-corrected chi connectivity index (χ1v) is 6.82. The van der Waals surface area contributed by atoms with E-state index in [-0.39, 0.29) is 5.12 Å². The van der Waals surface area contributed by atoms with Gasteiger partial charge in [0.2, 0.25) is 0 Å². The molecule has 0 bridgehead atoms. The van der Waals surface area contributed by atoms with E-state index in [1.165, 1.54) is 6.92 Å². The maximum atomic E-state index is 10.8. The Kier molecular flexibility index (Phi) is 5.37. The average Bonchev–Trinajstić information content (AvgIpc) is 2.51. The molecule has 102 valence electrons. The van der Waals surface area contributed by atoms with Gasteiger partial charge in [-0.05, 0) is 20.3 Å². The molecule has 0 fully saturated rings. The smallest absolute Gasteiger partial charge is 0.185 e. The number of nitrogens with zero attached hydrogens (tertiary/aromatic N) is 2. The molecule has 0 spiro atoms. The number of aliphatic hydroxyl groups is 2. The molecule has 0 aromatic carbocycles. The summed E-state index contributed by atoms with van der Waals surface area (Å²) in [6.45, 7) is 5.15. The number of hydrogen-bond donors (Lipinski definition) is 2. The molecule has 0 aliphatic heterocycles. The summed E-state index contributed by atoms with van der Waals surface area (Å²) in [6, 6.07) is 0. The van der Waals surface area contributed by atoms with Gasteiger partial charge in [0.25, 0.3) is 0 Å². The molecule has 1 rings (SSSR count). The van der Waals surface area contributed by atoms with Gasteiger partial charge in [0.1, 0.15) is 6.10 Å². The normalized spacial score (nSPS) is 14.6. The average molecular weight is 272 g/mol. The van der Waals surface area contributed by atoms with Crippen molar-refractivity contribution in [3.05, 3.63) is 17.0 Å². The summed E-state index contributed by atoms with van der Waals surface area (Å²) in [4.78, 5) is 10.8. The van der Waals surface area contributed by atoms with Crippen molar-refractivity contribution in [2.45, 2.75) is 39.4 Å². The third kappa shape index (κ3) is 3.57. The molecule has 0 aliphatic rings. The van der Waals surface area contributed by atoms with Crippen LogP contribution >= 0.6 is 11.8 Å². The second-order valence-electron chi connectivity index (χ2n) is 4.35. The Bertz CT molecular complexity index is 431. The van der Waals surface area contributed by atoms with E-state index >= 15 is 0 Å². The second kappa shape index (κ2) is 6.36. The summed E-state index contributed by atoms with van der Waals surface area (Å²) >= 11 is 1.15. The SMILES string of the molecule is CC(=O)SCCC(O)C(O)c1c(C)nn(C)c1C. The van der Waals surface area contributed by atoms with E-state index < -0.39 is 12.2 Å². The molecule has 2 unspecified atom stereocenters. The molecule has 2 atom stereocenters. The lowest BCUT2D eigenvalue weighted by molar-refractivity contribution is -0.109. The molecule has 1 heterocycles. The largest absolute Gasteiger partial charge is 0.390 e. The van der Waals surface area contributed by atoms with Crippen LogP contribution in [0.15, 0.2) is 0 Å².